The van der Waals surface area contributed by atoms with Crippen LogP contribution in [0.25, 0.3) is 0 Å². The summed E-state index contributed by atoms with van der Waals surface area (Å²) in [4.78, 5) is 8.53. The maximum atomic E-state index is 5.74. The first-order valence-corrected chi connectivity index (χ1v) is 5.78. The van der Waals surface area contributed by atoms with E-state index < -0.39 is 0 Å². The lowest BCUT2D eigenvalue weighted by Crippen LogP contribution is -2.33. The average molecular weight is 218 g/mol. The van der Waals surface area contributed by atoms with Crippen molar-refractivity contribution >= 4 is 5.96 Å². The van der Waals surface area contributed by atoms with Crippen molar-refractivity contribution in [1.29, 1.82) is 0 Å². The number of rotatable bonds is 4. The van der Waals surface area contributed by atoms with Crippen molar-refractivity contribution in [3.8, 4) is 0 Å². The highest BCUT2D eigenvalue weighted by atomic mass is 15.1. The van der Waals surface area contributed by atoms with Crippen LogP contribution in [0.4, 0.5) is 0 Å². The van der Waals surface area contributed by atoms with Crippen molar-refractivity contribution < 1.29 is 0 Å². The van der Waals surface area contributed by atoms with Crippen LogP contribution in [0.3, 0.4) is 0 Å². The fraction of sp³-hybridized carbons (Fsp3) is 0.500. The predicted octanol–water partition coefficient (Wildman–Crippen LogP) is 1.21. The van der Waals surface area contributed by atoms with E-state index in [1.807, 2.05) is 12.3 Å². The third-order valence-electron chi connectivity index (χ3n) is 2.63. The number of aromatic nitrogens is 1. The Morgan fingerprint density at radius 1 is 1.62 bits per heavy atom. The summed E-state index contributed by atoms with van der Waals surface area (Å²) in [7, 11) is 0. The molecule has 0 saturated heterocycles. The number of nitrogens with zero attached hydrogens (tertiary/aromatic N) is 2. The Hall–Kier alpha value is -1.58. The van der Waals surface area contributed by atoms with Crippen molar-refractivity contribution in [2.45, 2.75) is 38.8 Å². The summed E-state index contributed by atoms with van der Waals surface area (Å²) in [5, 5.41) is 3.15. The van der Waals surface area contributed by atoms with Gasteiger partial charge in [0.25, 0.3) is 0 Å². The van der Waals surface area contributed by atoms with Gasteiger partial charge in [-0.1, -0.05) is 6.92 Å². The van der Waals surface area contributed by atoms with Gasteiger partial charge in [-0.15, -0.1) is 0 Å². The van der Waals surface area contributed by atoms with Gasteiger partial charge in [0.1, 0.15) is 0 Å². The minimum Gasteiger partial charge on any atom is -0.370 e. The predicted molar refractivity (Wildman–Crippen MR) is 65.1 cm³/mol. The Balaban J connectivity index is 1.91. The number of hydrogen-bond donors (Lipinski definition) is 2. The lowest BCUT2D eigenvalue weighted by atomic mass is 10.2. The second-order valence-corrected chi connectivity index (χ2v) is 4.13. The lowest BCUT2D eigenvalue weighted by molar-refractivity contribution is 0.870. The van der Waals surface area contributed by atoms with E-state index in [1.165, 1.54) is 18.4 Å². The van der Waals surface area contributed by atoms with E-state index in [0.29, 0.717) is 18.5 Å². The molecule has 4 heteroatoms. The van der Waals surface area contributed by atoms with Crippen LogP contribution in [0.2, 0.25) is 0 Å². The van der Waals surface area contributed by atoms with Crippen LogP contribution in [0, 0.1) is 0 Å². The van der Waals surface area contributed by atoms with Crippen LogP contribution in [-0.2, 0) is 13.0 Å². The van der Waals surface area contributed by atoms with Gasteiger partial charge < -0.3 is 11.1 Å². The van der Waals surface area contributed by atoms with E-state index in [0.717, 1.165) is 12.1 Å². The van der Waals surface area contributed by atoms with Gasteiger partial charge in [0.15, 0.2) is 5.96 Å². The molecule has 1 aromatic heterocycles. The van der Waals surface area contributed by atoms with Crippen LogP contribution < -0.4 is 11.1 Å². The molecule has 0 radical (unpaired) electrons. The molecule has 0 spiro atoms. The maximum absolute atomic E-state index is 5.74. The number of hydrogen-bond acceptors (Lipinski definition) is 2. The summed E-state index contributed by atoms with van der Waals surface area (Å²) in [5.74, 6) is 0.534. The fourth-order valence-corrected chi connectivity index (χ4v) is 1.48. The molecule has 4 nitrogen and oxygen atoms in total. The van der Waals surface area contributed by atoms with Crippen molar-refractivity contribution in [1.82, 2.24) is 10.3 Å². The third-order valence-corrected chi connectivity index (χ3v) is 2.63. The van der Waals surface area contributed by atoms with Crippen LogP contribution >= 0.6 is 0 Å². The highest BCUT2D eigenvalue weighted by Gasteiger charge is 2.21. The number of aryl methyl sites for hydroxylation is 1. The summed E-state index contributed by atoms with van der Waals surface area (Å²) >= 11 is 0. The Morgan fingerprint density at radius 2 is 2.44 bits per heavy atom. The lowest BCUT2D eigenvalue weighted by Gasteiger charge is -2.03. The molecule has 16 heavy (non-hydrogen) atoms. The van der Waals surface area contributed by atoms with Gasteiger partial charge in [-0.3, -0.25) is 4.98 Å². The van der Waals surface area contributed by atoms with Gasteiger partial charge in [0.2, 0.25) is 0 Å². The molecule has 1 aliphatic rings. The third kappa shape index (κ3) is 3.22. The van der Waals surface area contributed by atoms with Crippen molar-refractivity contribution in [3.63, 3.8) is 0 Å². The molecule has 86 valence electrons. The van der Waals surface area contributed by atoms with Crippen molar-refractivity contribution in [3.05, 3.63) is 29.6 Å². The molecule has 0 atom stereocenters. The molecule has 0 bridgehead atoms. The summed E-state index contributed by atoms with van der Waals surface area (Å²) in [5.41, 5.74) is 8.00. The minimum absolute atomic E-state index is 0.534. The summed E-state index contributed by atoms with van der Waals surface area (Å²) in [6, 6.07) is 4.66. The highest BCUT2D eigenvalue weighted by Crippen LogP contribution is 2.18. The standard InChI is InChI=1S/C12H18N4/c1-2-9-5-6-14-11(7-9)8-15-12(13)16-10-3-4-10/h5-7,10H,2-4,8H2,1H3,(H3,13,15,16). The Morgan fingerprint density at radius 3 is 3.12 bits per heavy atom. The number of aliphatic imine (C=N–C) groups is 1. The normalized spacial score (nSPS) is 16.2. The molecule has 0 aromatic carbocycles. The molecule has 1 fully saturated rings. The van der Waals surface area contributed by atoms with E-state index >= 15 is 0 Å². The minimum atomic E-state index is 0.534. The van der Waals surface area contributed by atoms with Crippen LogP contribution in [0.1, 0.15) is 31.0 Å². The second-order valence-electron chi connectivity index (χ2n) is 4.13. The zero-order valence-corrected chi connectivity index (χ0v) is 9.61. The van der Waals surface area contributed by atoms with Gasteiger partial charge in [0, 0.05) is 12.2 Å². The number of nitrogens with one attached hydrogen (secondary N) is 1. The number of guanidine groups is 1. The summed E-state index contributed by atoms with van der Waals surface area (Å²) < 4.78 is 0. The fourth-order valence-electron chi connectivity index (χ4n) is 1.48. The first-order chi connectivity index (χ1) is 7.78. The van der Waals surface area contributed by atoms with E-state index in [2.05, 4.69) is 28.3 Å². The molecule has 1 heterocycles. The van der Waals surface area contributed by atoms with Crippen molar-refractivity contribution in [2.75, 3.05) is 0 Å². The van der Waals surface area contributed by atoms with Gasteiger partial charge >= 0.3 is 0 Å². The van der Waals surface area contributed by atoms with Crippen molar-refractivity contribution in [2.24, 2.45) is 10.7 Å². The molecule has 3 N–H and O–H groups in total. The largest absolute Gasteiger partial charge is 0.370 e. The SMILES string of the molecule is CCc1ccnc(CN=C(N)NC2CC2)c1. The quantitative estimate of drug-likeness (QED) is 0.590. The molecule has 1 aliphatic carbocycles. The van der Waals surface area contributed by atoms with E-state index in [4.69, 9.17) is 5.73 Å². The molecule has 0 aliphatic heterocycles. The highest BCUT2D eigenvalue weighted by molar-refractivity contribution is 5.78. The summed E-state index contributed by atoms with van der Waals surface area (Å²) in [6.45, 7) is 2.69. The molecule has 1 saturated carbocycles. The molecular weight excluding hydrogens is 200 g/mol. The summed E-state index contributed by atoms with van der Waals surface area (Å²) in [6.07, 6.45) is 5.27. The Kier molecular flexibility index (Phi) is 3.39. The van der Waals surface area contributed by atoms with Gasteiger partial charge in [-0.25, -0.2) is 4.99 Å². The Bertz CT molecular complexity index is 382. The zero-order valence-electron chi connectivity index (χ0n) is 9.61. The maximum Gasteiger partial charge on any atom is 0.189 e. The van der Waals surface area contributed by atoms with Crippen LogP contribution in [0.15, 0.2) is 23.3 Å². The molecular formula is C12H18N4. The monoisotopic (exact) mass is 218 g/mol. The average Bonchev–Trinajstić information content (AvgIpc) is 3.10. The van der Waals surface area contributed by atoms with Gasteiger partial charge in [-0.05, 0) is 37.0 Å². The smallest absolute Gasteiger partial charge is 0.189 e. The molecule has 1 aromatic rings. The zero-order chi connectivity index (χ0) is 11.4. The number of pyridine rings is 1. The Labute approximate surface area is 96.0 Å². The first-order valence-electron chi connectivity index (χ1n) is 5.78. The molecule has 2 rings (SSSR count). The number of nitrogens with two attached hydrogens (primary N) is 1. The van der Waals surface area contributed by atoms with Gasteiger partial charge in [0.05, 0.1) is 12.2 Å². The molecule has 0 amide bonds. The van der Waals surface area contributed by atoms with Crippen LogP contribution in [-0.4, -0.2) is 17.0 Å². The van der Waals surface area contributed by atoms with Crippen LogP contribution in [0.5, 0.6) is 0 Å². The first kappa shape index (κ1) is 10.9. The van der Waals surface area contributed by atoms with E-state index in [1.54, 1.807) is 0 Å². The van der Waals surface area contributed by atoms with E-state index in [-0.39, 0.29) is 0 Å². The second kappa shape index (κ2) is 4.96. The topological polar surface area (TPSA) is 63.3 Å². The molecule has 0 unspecified atom stereocenters. The van der Waals surface area contributed by atoms with Gasteiger partial charge in [-0.2, -0.15) is 0 Å². The van der Waals surface area contributed by atoms with E-state index in [9.17, 15) is 0 Å².